The number of hydrogen-bond donors (Lipinski definition) is 2. The van der Waals surface area contributed by atoms with E-state index in [1.807, 2.05) is 37.3 Å². The summed E-state index contributed by atoms with van der Waals surface area (Å²) in [6, 6.07) is 9.57. The van der Waals surface area contributed by atoms with Crippen molar-refractivity contribution in [1.29, 1.82) is 0 Å². The average molecular weight is 338 g/mol. The van der Waals surface area contributed by atoms with Crippen LogP contribution in [-0.4, -0.2) is 40.4 Å². The van der Waals surface area contributed by atoms with Crippen molar-refractivity contribution in [3.8, 4) is 0 Å². The second kappa shape index (κ2) is 6.72. The molecule has 25 heavy (non-hydrogen) atoms. The quantitative estimate of drug-likeness (QED) is 0.750. The maximum absolute atomic E-state index is 12.6. The highest BCUT2D eigenvalue weighted by Crippen LogP contribution is 2.19. The molecule has 1 saturated heterocycles. The molecular weight excluding hydrogens is 316 g/mol. The van der Waals surface area contributed by atoms with Crippen molar-refractivity contribution >= 4 is 16.9 Å². The van der Waals surface area contributed by atoms with Crippen LogP contribution >= 0.6 is 0 Å². The first-order valence-electron chi connectivity index (χ1n) is 8.67. The normalized spacial score (nSPS) is 18.0. The first kappa shape index (κ1) is 15.9. The summed E-state index contributed by atoms with van der Waals surface area (Å²) in [4.78, 5) is 22.5. The molecule has 130 valence electrons. The summed E-state index contributed by atoms with van der Waals surface area (Å²) in [6.45, 7) is 5.44. The van der Waals surface area contributed by atoms with Gasteiger partial charge in [0.05, 0.1) is 23.9 Å². The molecule has 1 aliphatic rings. The van der Waals surface area contributed by atoms with Gasteiger partial charge in [-0.15, -0.1) is 0 Å². The van der Waals surface area contributed by atoms with Crippen molar-refractivity contribution in [2.75, 3.05) is 19.6 Å². The summed E-state index contributed by atoms with van der Waals surface area (Å²) in [5.41, 5.74) is 2.27. The number of hydrogen-bond acceptors (Lipinski definition) is 4. The van der Waals surface area contributed by atoms with E-state index in [9.17, 15) is 4.79 Å². The standard InChI is InChI=1S/C19H22N4O2/c1-13-21-17-6-2-5-16(18(17)22-13)19(24)20-10-14-7-8-23(11-14)12-15-4-3-9-25-15/h2-6,9,14H,7-8,10-12H2,1H3,(H,20,24)(H,21,22)/t14-/m0/s1. The van der Waals surface area contributed by atoms with Gasteiger partial charge in [-0.05, 0) is 50.1 Å². The highest BCUT2D eigenvalue weighted by molar-refractivity contribution is 6.04. The van der Waals surface area contributed by atoms with Crippen molar-refractivity contribution in [2.45, 2.75) is 19.9 Å². The lowest BCUT2D eigenvalue weighted by atomic mass is 10.1. The first-order valence-corrected chi connectivity index (χ1v) is 8.67. The van der Waals surface area contributed by atoms with Gasteiger partial charge < -0.3 is 14.7 Å². The Morgan fingerprint density at radius 1 is 1.40 bits per heavy atom. The fourth-order valence-corrected chi connectivity index (χ4v) is 3.52. The summed E-state index contributed by atoms with van der Waals surface area (Å²) in [5.74, 6) is 2.23. The third-order valence-corrected chi connectivity index (χ3v) is 4.76. The van der Waals surface area contributed by atoms with Gasteiger partial charge in [0.15, 0.2) is 0 Å². The predicted octanol–water partition coefficient (Wildman–Crippen LogP) is 2.72. The Labute approximate surface area is 146 Å². The minimum atomic E-state index is -0.0541. The fraction of sp³-hybridized carbons (Fsp3) is 0.368. The predicted molar refractivity (Wildman–Crippen MR) is 95.3 cm³/mol. The average Bonchev–Trinajstić information content (AvgIpc) is 3.33. The number of imidazole rings is 1. The monoisotopic (exact) mass is 338 g/mol. The molecule has 0 radical (unpaired) electrons. The highest BCUT2D eigenvalue weighted by Gasteiger charge is 2.24. The molecule has 4 rings (SSSR count). The zero-order valence-corrected chi connectivity index (χ0v) is 14.3. The van der Waals surface area contributed by atoms with Gasteiger partial charge in [0.2, 0.25) is 0 Å². The van der Waals surface area contributed by atoms with E-state index in [-0.39, 0.29) is 5.91 Å². The molecule has 0 unspecified atom stereocenters. The third kappa shape index (κ3) is 3.44. The lowest BCUT2D eigenvalue weighted by molar-refractivity contribution is 0.0948. The number of aryl methyl sites for hydroxylation is 1. The van der Waals surface area contributed by atoms with Gasteiger partial charge in [-0.1, -0.05) is 6.07 Å². The molecular formula is C19H22N4O2. The van der Waals surface area contributed by atoms with Gasteiger partial charge >= 0.3 is 0 Å². The number of fused-ring (bicyclic) bond motifs is 1. The number of benzene rings is 1. The number of nitrogens with zero attached hydrogens (tertiary/aromatic N) is 2. The number of rotatable bonds is 5. The van der Waals surface area contributed by atoms with Gasteiger partial charge in [0.25, 0.3) is 5.91 Å². The van der Waals surface area contributed by atoms with Crippen LogP contribution in [0.25, 0.3) is 11.0 Å². The molecule has 1 aliphatic heterocycles. The van der Waals surface area contributed by atoms with Gasteiger partial charge in [-0.25, -0.2) is 4.98 Å². The summed E-state index contributed by atoms with van der Waals surface area (Å²) in [6.07, 6.45) is 2.80. The number of H-pyrrole nitrogens is 1. The molecule has 0 spiro atoms. The Kier molecular flexibility index (Phi) is 4.28. The van der Waals surface area contributed by atoms with Crippen LogP contribution in [0.4, 0.5) is 0 Å². The molecule has 1 aromatic carbocycles. The van der Waals surface area contributed by atoms with Gasteiger partial charge in [-0.2, -0.15) is 0 Å². The summed E-state index contributed by atoms with van der Waals surface area (Å²) >= 11 is 0. The van der Waals surface area contributed by atoms with E-state index in [0.29, 0.717) is 18.0 Å². The lowest BCUT2D eigenvalue weighted by Gasteiger charge is -2.15. The molecule has 0 aliphatic carbocycles. The Balaban J connectivity index is 1.34. The van der Waals surface area contributed by atoms with Crippen molar-refractivity contribution in [3.63, 3.8) is 0 Å². The van der Waals surface area contributed by atoms with Gasteiger partial charge in [0.1, 0.15) is 17.1 Å². The summed E-state index contributed by atoms with van der Waals surface area (Å²) < 4.78 is 5.41. The van der Waals surface area contributed by atoms with E-state index < -0.39 is 0 Å². The summed E-state index contributed by atoms with van der Waals surface area (Å²) in [7, 11) is 0. The van der Waals surface area contributed by atoms with E-state index in [1.165, 1.54) is 0 Å². The summed E-state index contributed by atoms with van der Waals surface area (Å²) in [5, 5.41) is 3.08. The Morgan fingerprint density at radius 3 is 3.16 bits per heavy atom. The maximum Gasteiger partial charge on any atom is 0.253 e. The van der Waals surface area contributed by atoms with Crippen LogP contribution in [0.3, 0.4) is 0 Å². The second-order valence-corrected chi connectivity index (χ2v) is 6.70. The van der Waals surface area contributed by atoms with Crippen molar-refractivity contribution in [2.24, 2.45) is 5.92 Å². The lowest BCUT2D eigenvalue weighted by Crippen LogP contribution is -2.31. The number of aromatic nitrogens is 2. The van der Waals surface area contributed by atoms with Crippen LogP contribution in [0.5, 0.6) is 0 Å². The number of nitrogens with one attached hydrogen (secondary N) is 2. The van der Waals surface area contributed by atoms with E-state index in [2.05, 4.69) is 20.2 Å². The maximum atomic E-state index is 12.6. The molecule has 1 amide bonds. The zero-order chi connectivity index (χ0) is 17.2. The van der Waals surface area contributed by atoms with E-state index >= 15 is 0 Å². The number of carbonyl (C=O) groups is 1. The van der Waals surface area contributed by atoms with Crippen molar-refractivity contribution < 1.29 is 9.21 Å². The van der Waals surface area contributed by atoms with Crippen molar-refractivity contribution in [1.82, 2.24) is 20.2 Å². The molecule has 0 saturated carbocycles. The molecule has 2 N–H and O–H groups in total. The molecule has 3 aromatic rings. The number of para-hydroxylation sites is 1. The smallest absolute Gasteiger partial charge is 0.253 e. The highest BCUT2D eigenvalue weighted by atomic mass is 16.3. The SMILES string of the molecule is Cc1nc2c(C(=O)NC[C@@H]3CCN(Cc4ccco4)C3)cccc2[nH]1. The van der Waals surface area contributed by atoms with Crippen LogP contribution in [0.1, 0.15) is 28.4 Å². The van der Waals surface area contributed by atoms with E-state index in [1.54, 1.807) is 6.26 Å². The van der Waals surface area contributed by atoms with Crippen molar-refractivity contribution in [3.05, 3.63) is 53.7 Å². The fourth-order valence-electron chi connectivity index (χ4n) is 3.52. The van der Waals surface area contributed by atoms with E-state index in [0.717, 1.165) is 48.7 Å². The molecule has 6 heteroatoms. The molecule has 6 nitrogen and oxygen atoms in total. The molecule has 1 atom stereocenters. The van der Waals surface area contributed by atoms with Crippen LogP contribution in [0.2, 0.25) is 0 Å². The largest absolute Gasteiger partial charge is 0.468 e. The number of aromatic amines is 1. The number of furan rings is 1. The third-order valence-electron chi connectivity index (χ3n) is 4.76. The Hall–Kier alpha value is -2.60. The van der Waals surface area contributed by atoms with Crippen LogP contribution in [-0.2, 0) is 6.54 Å². The second-order valence-electron chi connectivity index (χ2n) is 6.70. The Bertz CT molecular complexity index is 869. The minimum absolute atomic E-state index is 0.0541. The van der Waals surface area contributed by atoms with Gasteiger partial charge in [-0.3, -0.25) is 9.69 Å². The number of carbonyl (C=O) groups excluding carboxylic acids is 1. The van der Waals surface area contributed by atoms with E-state index in [4.69, 9.17) is 4.42 Å². The Morgan fingerprint density at radius 2 is 2.32 bits per heavy atom. The minimum Gasteiger partial charge on any atom is -0.468 e. The van der Waals surface area contributed by atoms with Crippen LogP contribution < -0.4 is 5.32 Å². The zero-order valence-electron chi connectivity index (χ0n) is 14.3. The molecule has 0 bridgehead atoms. The van der Waals surface area contributed by atoms with Crippen LogP contribution in [0, 0.1) is 12.8 Å². The molecule has 2 aromatic heterocycles. The number of amides is 1. The molecule has 1 fully saturated rings. The molecule has 3 heterocycles. The van der Waals surface area contributed by atoms with Gasteiger partial charge in [0, 0.05) is 13.1 Å². The van der Waals surface area contributed by atoms with Crippen LogP contribution in [0.15, 0.2) is 41.0 Å². The topological polar surface area (TPSA) is 74.2 Å². The first-order chi connectivity index (χ1) is 12.2. The number of likely N-dealkylation sites (tertiary alicyclic amines) is 1.